The lowest BCUT2D eigenvalue weighted by Crippen LogP contribution is -2.21. The fourth-order valence-corrected chi connectivity index (χ4v) is 2.56. The molecule has 1 atom stereocenters. The minimum Gasteiger partial charge on any atom is -0.483 e. The zero-order chi connectivity index (χ0) is 14.2. The molecule has 1 unspecified atom stereocenters. The Hall–Kier alpha value is -2.75. The Balaban J connectivity index is 1.75. The molecule has 0 radical (unpaired) electrons. The maximum absolute atomic E-state index is 12.2. The minimum absolute atomic E-state index is 0.0804. The number of nitrogens with zero attached hydrogens (tertiary/aromatic N) is 2. The third-order valence-electron chi connectivity index (χ3n) is 3.62. The summed E-state index contributed by atoms with van der Waals surface area (Å²) in [4.78, 5) is 21.2. The molecule has 3 aromatic rings. The molecule has 0 amide bonds. The van der Waals surface area contributed by atoms with E-state index in [0.717, 1.165) is 11.0 Å². The van der Waals surface area contributed by atoms with Gasteiger partial charge in [0.1, 0.15) is 17.5 Å². The molecule has 21 heavy (non-hydrogen) atoms. The predicted octanol–water partition coefficient (Wildman–Crippen LogP) is 3.34. The maximum atomic E-state index is 12.2. The summed E-state index contributed by atoms with van der Waals surface area (Å²) in [5.41, 5.74) is 2.98. The van der Waals surface area contributed by atoms with Gasteiger partial charge in [-0.3, -0.25) is 9.78 Å². The van der Waals surface area contributed by atoms with E-state index < -0.39 is 0 Å². The number of carbonyl (C=O) groups is 1. The highest BCUT2D eigenvalue weighted by atomic mass is 16.5. The van der Waals surface area contributed by atoms with Crippen molar-refractivity contribution >= 4 is 16.8 Å². The molecule has 1 aliphatic rings. The van der Waals surface area contributed by atoms with Gasteiger partial charge in [0.15, 0.2) is 5.78 Å². The van der Waals surface area contributed by atoms with Gasteiger partial charge >= 0.3 is 0 Å². The van der Waals surface area contributed by atoms with Crippen LogP contribution >= 0.6 is 0 Å². The van der Waals surface area contributed by atoms with Crippen molar-refractivity contribution in [2.75, 3.05) is 0 Å². The molecule has 0 N–H and O–H groups in total. The molecule has 4 nitrogen and oxygen atoms in total. The number of hydrogen-bond donors (Lipinski definition) is 0. The molecule has 0 saturated heterocycles. The zero-order valence-corrected chi connectivity index (χ0v) is 11.2. The summed E-state index contributed by atoms with van der Waals surface area (Å²) >= 11 is 0. The Bertz CT molecular complexity index is 845. The number of para-hydroxylation sites is 3. The first-order chi connectivity index (χ1) is 10.3. The van der Waals surface area contributed by atoms with Crippen molar-refractivity contribution in [2.45, 2.75) is 12.5 Å². The number of ether oxygens (including phenoxy) is 1. The molecular formula is C17H12N2O2. The highest BCUT2D eigenvalue weighted by Crippen LogP contribution is 2.34. The molecule has 0 saturated carbocycles. The lowest BCUT2D eigenvalue weighted by molar-refractivity contribution is 0.0845. The van der Waals surface area contributed by atoms with Gasteiger partial charge in [0.2, 0.25) is 0 Å². The normalized spacial score (nSPS) is 17.3. The highest BCUT2D eigenvalue weighted by Gasteiger charge is 2.28. The number of fused-ring (bicyclic) bond motifs is 2. The average Bonchev–Trinajstić information content (AvgIpc) is 2.54. The average molecular weight is 276 g/mol. The Morgan fingerprint density at radius 1 is 1.00 bits per heavy atom. The quantitative estimate of drug-likeness (QED) is 0.684. The van der Waals surface area contributed by atoms with Gasteiger partial charge in [-0.2, -0.15) is 0 Å². The summed E-state index contributed by atoms with van der Waals surface area (Å²) in [6, 6.07) is 15.0. The van der Waals surface area contributed by atoms with Crippen molar-refractivity contribution in [1.82, 2.24) is 9.97 Å². The van der Waals surface area contributed by atoms with Crippen molar-refractivity contribution in [1.29, 1.82) is 0 Å². The summed E-state index contributed by atoms with van der Waals surface area (Å²) in [7, 11) is 0. The molecule has 1 aliphatic heterocycles. The number of benzene rings is 2. The van der Waals surface area contributed by atoms with Gasteiger partial charge < -0.3 is 4.74 Å². The second kappa shape index (κ2) is 4.66. The largest absolute Gasteiger partial charge is 0.483 e. The molecule has 0 aliphatic carbocycles. The molecule has 4 rings (SSSR count). The first-order valence-corrected chi connectivity index (χ1v) is 6.82. The lowest BCUT2D eigenvalue weighted by atomic mass is 9.99. The number of hydrogen-bond acceptors (Lipinski definition) is 4. The fraction of sp³-hybridized carbons (Fsp3) is 0.118. The summed E-state index contributed by atoms with van der Waals surface area (Å²) in [5.74, 6) is 0.700. The van der Waals surface area contributed by atoms with E-state index in [9.17, 15) is 4.79 Å². The summed E-state index contributed by atoms with van der Waals surface area (Å²) in [6.45, 7) is 0. The van der Waals surface area contributed by atoms with Crippen LogP contribution in [0, 0.1) is 0 Å². The molecule has 0 fully saturated rings. The maximum Gasteiger partial charge on any atom is 0.170 e. The van der Waals surface area contributed by atoms with E-state index in [1.54, 1.807) is 12.3 Å². The van der Waals surface area contributed by atoms with Gasteiger partial charge in [0.05, 0.1) is 29.2 Å². The minimum atomic E-state index is -0.371. The van der Waals surface area contributed by atoms with E-state index in [4.69, 9.17) is 4.74 Å². The first-order valence-electron chi connectivity index (χ1n) is 6.82. The van der Waals surface area contributed by atoms with Crippen LogP contribution in [0.5, 0.6) is 5.75 Å². The van der Waals surface area contributed by atoms with Gasteiger partial charge in [-0.1, -0.05) is 24.3 Å². The standard InChI is InChI=1S/C17H12N2O2/c20-15-9-17(21-16-8-4-1-5-11(15)16)14-10-18-12-6-2-3-7-13(12)19-14/h1-8,10,17H,9H2. The Kier molecular flexibility index (Phi) is 2.67. The predicted molar refractivity (Wildman–Crippen MR) is 78.3 cm³/mol. The smallest absolute Gasteiger partial charge is 0.170 e. The van der Waals surface area contributed by atoms with Crippen molar-refractivity contribution in [3.05, 3.63) is 66.0 Å². The van der Waals surface area contributed by atoms with Gasteiger partial charge in [0.25, 0.3) is 0 Å². The van der Waals surface area contributed by atoms with Gasteiger partial charge in [-0.15, -0.1) is 0 Å². The van der Waals surface area contributed by atoms with E-state index in [-0.39, 0.29) is 11.9 Å². The third-order valence-corrected chi connectivity index (χ3v) is 3.62. The van der Waals surface area contributed by atoms with Crippen LogP contribution in [0.1, 0.15) is 28.6 Å². The third kappa shape index (κ3) is 2.05. The number of aromatic nitrogens is 2. The van der Waals surface area contributed by atoms with Crippen LogP contribution in [0.15, 0.2) is 54.7 Å². The van der Waals surface area contributed by atoms with Crippen molar-refractivity contribution in [2.24, 2.45) is 0 Å². The number of ketones is 1. The van der Waals surface area contributed by atoms with Crippen molar-refractivity contribution < 1.29 is 9.53 Å². The lowest BCUT2D eigenvalue weighted by Gasteiger charge is -2.24. The van der Waals surface area contributed by atoms with Crippen LogP contribution in [0.25, 0.3) is 11.0 Å². The van der Waals surface area contributed by atoms with Crippen LogP contribution in [-0.4, -0.2) is 15.8 Å². The Morgan fingerprint density at radius 3 is 2.67 bits per heavy atom. The molecule has 0 bridgehead atoms. The second-order valence-electron chi connectivity index (χ2n) is 5.01. The monoisotopic (exact) mass is 276 g/mol. The first kappa shape index (κ1) is 12.0. The van der Waals surface area contributed by atoms with Crippen molar-refractivity contribution in [3.8, 4) is 5.75 Å². The second-order valence-corrected chi connectivity index (χ2v) is 5.01. The van der Waals surface area contributed by atoms with Gasteiger partial charge in [-0.05, 0) is 24.3 Å². The summed E-state index contributed by atoms with van der Waals surface area (Å²) < 4.78 is 5.91. The van der Waals surface area contributed by atoms with E-state index in [2.05, 4.69) is 9.97 Å². The van der Waals surface area contributed by atoms with Crippen LogP contribution in [-0.2, 0) is 0 Å². The molecule has 0 spiro atoms. The molecule has 1 aromatic heterocycles. The number of rotatable bonds is 1. The Labute approximate surface area is 121 Å². The van der Waals surface area contributed by atoms with Gasteiger partial charge in [0, 0.05) is 0 Å². The van der Waals surface area contributed by atoms with Gasteiger partial charge in [-0.25, -0.2) is 4.98 Å². The molecule has 102 valence electrons. The van der Waals surface area contributed by atoms with E-state index >= 15 is 0 Å². The van der Waals surface area contributed by atoms with Crippen LogP contribution in [0.2, 0.25) is 0 Å². The van der Waals surface area contributed by atoms with Crippen LogP contribution < -0.4 is 4.74 Å². The van der Waals surface area contributed by atoms with Crippen molar-refractivity contribution in [3.63, 3.8) is 0 Å². The van der Waals surface area contributed by atoms with E-state index in [0.29, 0.717) is 23.4 Å². The Morgan fingerprint density at radius 2 is 1.76 bits per heavy atom. The molecule has 2 aromatic carbocycles. The van der Waals surface area contributed by atoms with E-state index in [1.807, 2.05) is 42.5 Å². The van der Waals surface area contributed by atoms with Crippen LogP contribution in [0.4, 0.5) is 0 Å². The molecular weight excluding hydrogens is 264 g/mol. The molecule has 2 heterocycles. The highest BCUT2D eigenvalue weighted by molar-refractivity contribution is 5.99. The number of carbonyl (C=O) groups excluding carboxylic acids is 1. The number of Topliss-reactive ketones (excluding diaryl/α,β-unsaturated/α-hetero) is 1. The van der Waals surface area contributed by atoms with E-state index in [1.165, 1.54) is 0 Å². The summed E-state index contributed by atoms with van der Waals surface area (Å²) in [6.07, 6.45) is 1.61. The topological polar surface area (TPSA) is 52.1 Å². The SMILES string of the molecule is O=C1CC(c2cnc3ccccc3n2)Oc2ccccc21. The fourth-order valence-electron chi connectivity index (χ4n) is 2.56. The summed E-state index contributed by atoms with van der Waals surface area (Å²) in [5, 5.41) is 0. The zero-order valence-electron chi connectivity index (χ0n) is 11.2. The van der Waals surface area contributed by atoms with Crippen LogP contribution in [0.3, 0.4) is 0 Å². The molecule has 4 heteroatoms.